The highest BCUT2D eigenvalue weighted by molar-refractivity contribution is 5.79. The quantitative estimate of drug-likeness (QED) is 0.299. The van der Waals surface area contributed by atoms with E-state index in [9.17, 15) is 9.90 Å². The first-order valence-electron chi connectivity index (χ1n) is 10.3. The zero-order chi connectivity index (χ0) is 19.7. The van der Waals surface area contributed by atoms with E-state index < -0.39 is 0 Å². The van der Waals surface area contributed by atoms with Crippen LogP contribution in [-0.2, 0) is 9.47 Å². The van der Waals surface area contributed by atoms with Crippen molar-refractivity contribution in [3.63, 3.8) is 0 Å². The molecule has 1 aromatic rings. The minimum Gasteiger partial charge on any atom is -0.507 e. The van der Waals surface area contributed by atoms with Crippen molar-refractivity contribution in [1.82, 2.24) is 0 Å². The van der Waals surface area contributed by atoms with Gasteiger partial charge in [-0.25, -0.2) is 0 Å². The van der Waals surface area contributed by atoms with Crippen molar-refractivity contribution in [2.75, 3.05) is 26.4 Å². The van der Waals surface area contributed by atoms with Crippen molar-refractivity contribution in [1.29, 1.82) is 0 Å². The molecule has 0 spiro atoms. The van der Waals surface area contributed by atoms with Gasteiger partial charge in [-0.05, 0) is 25.0 Å². The zero-order valence-corrected chi connectivity index (χ0v) is 17.0. The second-order valence-corrected chi connectivity index (χ2v) is 6.81. The number of carbonyl (C=O) groups is 1. The summed E-state index contributed by atoms with van der Waals surface area (Å²) in [7, 11) is 0. The van der Waals surface area contributed by atoms with E-state index in [1.807, 2.05) is 0 Å². The highest BCUT2D eigenvalue weighted by Crippen LogP contribution is 2.22. The number of hydrogen-bond donors (Lipinski definition) is 1. The fourth-order valence-electron chi connectivity index (χ4n) is 2.70. The highest BCUT2D eigenvalue weighted by atomic mass is 16.5. The van der Waals surface area contributed by atoms with E-state index in [1.54, 1.807) is 12.1 Å². The minimum absolute atomic E-state index is 0.0615. The molecule has 0 radical (unpaired) electrons. The first-order valence-corrected chi connectivity index (χ1v) is 10.3. The van der Waals surface area contributed by atoms with E-state index in [1.165, 1.54) is 31.7 Å². The molecular formula is C22H36O5. The Balaban J connectivity index is 2.16. The molecule has 5 nitrogen and oxygen atoms in total. The Kier molecular flexibility index (Phi) is 13.4. The highest BCUT2D eigenvalue weighted by Gasteiger charge is 2.09. The summed E-state index contributed by atoms with van der Waals surface area (Å²) in [6.07, 6.45) is 9.80. The first kappa shape index (κ1) is 23.4. The third-order valence-corrected chi connectivity index (χ3v) is 4.37. The smallest absolute Gasteiger partial charge is 0.153 e. The number of aromatic hydroxyl groups is 1. The van der Waals surface area contributed by atoms with E-state index in [4.69, 9.17) is 14.2 Å². The second kappa shape index (κ2) is 15.5. The third-order valence-electron chi connectivity index (χ3n) is 4.37. The molecule has 1 rings (SSSR count). The van der Waals surface area contributed by atoms with Gasteiger partial charge in [-0.3, -0.25) is 4.79 Å². The number of phenols is 1. The van der Waals surface area contributed by atoms with E-state index in [0.717, 1.165) is 32.3 Å². The number of aldehydes is 1. The topological polar surface area (TPSA) is 65.0 Å². The molecule has 1 atom stereocenters. The Morgan fingerprint density at radius 2 is 1.81 bits per heavy atom. The maximum absolute atomic E-state index is 10.7. The molecule has 1 N–H and O–H groups in total. The Hall–Kier alpha value is -1.59. The lowest BCUT2D eigenvalue weighted by molar-refractivity contribution is -0.0243. The molecule has 0 saturated carbocycles. The maximum Gasteiger partial charge on any atom is 0.153 e. The maximum atomic E-state index is 10.7. The molecule has 0 saturated heterocycles. The Morgan fingerprint density at radius 1 is 1.00 bits per heavy atom. The average molecular weight is 381 g/mol. The van der Waals surface area contributed by atoms with Crippen molar-refractivity contribution >= 4 is 6.29 Å². The summed E-state index contributed by atoms with van der Waals surface area (Å²) >= 11 is 0. The molecule has 0 fully saturated rings. The summed E-state index contributed by atoms with van der Waals surface area (Å²) in [4.78, 5) is 10.7. The fourth-order valence-corrected chi connectivity index (χ4v) is 2.70. The molecule has 0 aliphatic carbocycles. The number of ether oxygens (including phenoxy) is 3. The molecular weight excluding hydrogens is 344 g/mol. The fraction of sp³-hybridized carbons (Fsp3) is 0.682. The lowest BCUT2D eigenvalue weighted by Crippen LogP contribution is -2.21. The molecule has 0 aliphatic rings. The minimum atomic E-state index is -0.0615. The molecule has 154 valence electrons. The summed E-state index contributed by atoms with van der Waals surface area (Å²) in [6.45, 7) is 6.96. The monoisotopic (exact) mass is 380 g/mol. The van der Waals surface area contributed by atoms with Gasteiger partial charge in [-0.2, -0.15) is 0 Å². The lowest BCUT2D eigenvalue weighted by atomic mass is 10.1. The molecule has 0 bridgehead atoms. The van der Waals surface area contributed by atoms with Crippen LogP contribution in [0.4, 0.5) is 0 Å². The Labute approximate surface area is 164 Å². The number of rotatable bonds is 17. The van der Waals surface area contributed by atoms with Crippen LogP contribution in [0.3, 0.4) is 0 Å². The van der Waals surface area contributed by atoms with Crippen molar-refractivity contribution in [2.24, 2.45) is 0 Å². The van der Waals surface area contributed by atoms with Crippen LogP contribution in [0.5, 0.6) is 11.5 Å². The Bertz CT molecular complexity index is 503. The molecule has 1 aromatic carbocycles. The van der Waals surface area contributed by atoms with Gasteiger partial charge in [0.05, 0.1) is 24.9 Å². The van der Waals surface area contributed by atoms with Gasteiger partial charge in [0.15, 0.2) is 6.29 Å². The molecule has 27 heavy (non-hydrogen) atoms. The number of carbonyl (C=O) groups excluding carboxylic acids is 1. The van der Waals surface area contributed by atoms with Gasteiger partial charge in [0, 0.05) is 25.7 Å². The van der Waals surface area contributed by atoms with Crippen molar-refractivity contribution in [3.05, 3.63) is 23.8 Å². The zero-order valence-electron chi connectivity index (χ0n) is 17.0. The van der Waals surface area contributed by atoms with Gasteiger partial charge in [-0.1, -0.05) is 46.0 Å². The number of unbranched alkanes of at least 4 members (excludes halogenated alkanes) is 4. The average Bonchev–Trinajstić information content (AvgIpc) is 2.68. The van der Waals surface area contributed by atoms with Crippen molar-refractivity contribution in [3.8, 4) is 11.5 Å². The summed E-state index contributed by atoms with van der Waals surface area (Å²) in [6, 6.07) is 4.68. The van der Waals surface area contributed by atoms with Crippen LogP contribution in [0.15, 0.2) is 18.2 Å². The van der Waals surface area contributed by atoms with Crippen LogP contribution in [0.2, 0.25) is 0 Å². The van der Waals surface area contributed by atoms with Crippen LogP contribution in [-0.4, -0.2) is 43.9 Å². The molecule has 1 unspecified atom stereocenters. The predicted octanol–water partition coefficient (Wildman–Crippen LogP) is 5.15. The SMILES string of the molecule is CCCCCCOC(CCCC)COCCCOc1ccc(C=O)c(O)c1. The lowest BCUT2D eigenvalue weighted by Gasteiger charge is -2.18. The van der Waals surface area contributed by atoms with E-state index in [-0.39, 0.29) is 17.4 Å². The van der Waals surface area contributed by atoms with Gasteiger partial charge in [0.25, 0.3) is 0 Å². The van der Waals surface area contributed by atoms with Gasteiger partial charge < -0.3 is 19.3 Å². The van der Waals surface area contributed by atoms with Crippen LogP contribution in [0, 0.1) is 0 Å². The molecule has 0 aromatic heterocycles. The standard InChI is InChI=1S/C22H36O5/c1-3-5-7-8-14-27-21(10-6-4-2)18-25-13-9-15-26-20-12-11-19(17-23)22(24)16-20/h11-12,16-17,21,24H,3-10,13-15,18H2,1-2H3. The first-order chi connectivity index (χ1) is 13.2. The van der Waals surface area contributed by atoms with Gasteiger partial charge in [0.2, 0.25) is 0 Å². The summed E-state index contributed by atoms with van der Waals surface area (Å²) in [5, 5.41) is 9.63. The molecule has 0 aliphatic heterocycles. The van der Waals surface area contributed by atoms with Crippen LogP contribution < -0.4 is 4.74 Å². The summed E-state index contributed by atoms with van der Waals surface area (Å²) in [5.74, 6) is 0.489. The summed E-state index contributed by atoms with van der Waals surface area (Å²) < 4.78 is 17.3. The van der Waals surface area contributed by atoms with E-state index >= 15 is 0 Å². The number of phenolic OH excluding ortho intramolecular Hbond substituents is 1. The van der Waals surface area contributed by atoms with Crippen LogP contribution >= 0.6 is 0 Å². The second-order valence-electron chi connectivity index (χ2n) is 6.81. The van der Waals surface area contributed by atoms with Gasteiger partial charge >= 0.3 is 0 Å². The van der Waals surface area contributed by atoms with Gasteiger partial charge in [-0.15, -0.1) is 0 Å². The van der Waals surface area contributed by atoms with Crippen molar-refractivity contribution < 1.29 is 24.1 Å². The van der Waals surface area contributed by atoms with Crippen LogP contribution in [0.25, 0.3) is 0 Å². The third kappa shape index (κ3) is 11.0. The number of hydrogen-bond acceptors (Lipinski definition) is 5. The summed E-state index contributed by atoms with van der Waals surface area (Å²) in [5.41, 5.74) is 0.262. The molecule has 5 heteroatoms. The van der Waals surface area contributed by atoms with E-state index in [0.29, 0.717) is 31.9 Å². The molecule has 0 amide bonds. The Morgan fingerprint density at radius 3 is 2.52 bits per heavy atom. The van der Waals surface area contributed by atoms with Crippen molar-refractivity contribution in [2.45, 2.75) is 71.3 Å². The molecule has 0 heterocycles. The van der Waals surface area contributed by atoms with Gasteiger partial charge in [0.1, 0.15) is 11.5 Å². The normalized spacial score (nSPS) is 12.1. The predicted molar refractivity (Wildman–Crippen MR) is 108 cm³/mol. The number of benzene rings is 1. The largest absolute Gasteiger partial charge is 0.507 e. The van der Waals surface area contributed by atoms with Crippen LogP contribution in [0.1, 0.15) is 75.6 Å². The van der Waals surface area contributed by atoms with E-state index in [2.05, 4.69) is 13.8 Å².